The molecule has 0 N–H and O–H groups in total. The molecule has 1 unspecified atom stereocenters. The number of hydrogen-bond donors (Lipinski definition) is 0. The molecule has 2 aromatic heterocycles. The van der Waals surface area contributed by atoms with E-state index >= 15 is 0 Å². The maximum absolute atomic E-state index is 13.9. The maximum Gasteiger partial charge on any atom is 0.265 e. The van der Waals surface area contributed by atoms with E-state index in [-0.39, 0.29) is 11.0 Å². The zero-order chi connectivity index (χ0) is 21.6. The predicted molar refractivity (Wildman–Crippen MR) is 126 cm³/mol. The first-order valence-corrected chi connectivity index (χ1v) is 12.0. The summed E-state index contributed by atoms with van der Waals surface area (Å²) < 4.78 is 3.61. The summed E-state index contributed by atoms with van der Waals surface area (Å²) >= 11 is 1.49. The molecule has 5 nitrogen and oxygen atoms in total. The number of benzene rings is 2. The van der Waals surface area contributed by atoms with Crippen molar-refractivity contribution in [2.75, 3.05) is 6.26 Å². The number of fused-ring (bicyclic) bond motifs is 4. The van der Waals surface area contributed by atoms with Gasteiger partial charge in [0.25, 0.3) is 5.56 Å². The molecule has 0 spiro atoms. The fraction of sp³-hybridized carbons (Fsp3) is 0.320. The minimum atomic E-state index is -0.239. The fourth-order valence-corrected chi connectivity index (χ4v) is 5.19. The molecule has 2 heterocycles. The minimum absolute atomic E-state index is 0.0224. The van der Waals surface area contributed by atoms with Gasteiger partial charge in [0.05, 0.1) is 11.3 Å². The first-order valence-electron chi connectivity index (χ1n) is 10.8. The number of aryl methyl sites for hydroxylation is 2. The summed E-state index contributed by atoms with van der Waals surface area (Å²) in [6, 6.07) is 18.7. The van der Waals surface area contributed by atoms with Crippen LogP contribution in [0.25, 0.3) is 17.0 Å². The average Bonchev–Trinajstić information content (AvgIpc) is 3.16. The molecule has 31 heavy (non-hydrogen) atoms. The van der Waals surface area contributed by atoms with E-state index in [4.69, 9.17) is 10.1 Å². The van der Waals surface area contributed by atoms with E-state index < -0.39 is 0 Å². The van der Waals surface area contributed by atoms with Crippen molar-refractivity contribution >= 4 is 17.5 Å². The third kappa shape index (κ3) is 3.21. The molecule has 0 fully saturated rings. The fourth-order valence-electron chi connectivity index (χ4n) is 4.66. The Labute approximate surface area is 186 Å². The van der Waals surface area contributed by atoms with Crippen molar-refractivity contribution in [2.45, 2.75) is 50.2 Å². The molecule has 1 aliphatic carbocycles. The lowest BCUT2D eigenvalue weighted by Crippen LogP contribution is -2.37. The highest BCUT2D eigenvalue weighted by atomic mass is 32.2. The van der Waals surface area contributed by atoms with Gasteiger partial charge < -0.3 is 0 Å². The van der Waals surface area contributed by atoms with Crippen LogP contribution in [0, 0.1) is 0 Å². The van der Waals surface area contributed by atoms with Gasteiger partial charge in [0.1, 0.15) is 0 Å². The molecule has 158 valence electrons. The Balaban J connectivity index is 1.73. The molecule has 4 aromatic rings. The first-order chi connectivity index (χ1) is 15.1. The third-order valence-corrected chi connectivity index (χ3v) is 7.20. The van der Waals surface area contributed by atoms with Crippen LogP contribution < -0.4 is 5.56 Å². The van der Waals surface area contributed by atoms with Gasteiger partial charge in [0.15, 0.2) is 5.16 Å². The van der Waals surface area contributed by atoms with Gasteiger partial charge >= 0.3 is 0 Å². The van der Waals surface area contributed by atoms with E-state index in [2.05, 4.69) is 44.2 Å². The van der Waals surface area contributed by atoms with Crippen molar-refractivity contribution in [3.8, 4) is 11.3 Å². The monoisotopic (exact) mass is 430 g/mol. The van der Waals surface area contributed by atoms with Gasteiger partial charge in [0, 0.05) is 17.5 Å². The van der Waals surface area contributed by atoms with Gasteiger partial charge in [-0.2, -0.15) is 0 Å². The highest BCUT2D eigenvalue weighted by molar-refractivity contribution is 7.98. The Kier molecular flexibility index (Phi) is 4.97. The number of rotatable bonds is 5. The second-order valence-corrected chi connectivity index (χ2v) is 9.24. The second kappa shape index (κ2) is 7.68. The summed E-state index contributed by atoms with van der Waals surface area (Å²) in [7, 11) is 0. The highest BCUT2D eigenvalue weighted by Crippen LogP contribution is 2.42. The highest BCUT2D eigenvalue weighted by Gasteiger charge is 2.38. The van der Waals surface area contributed by atoms with Crippen LogP contribution in [0.2, 0.25) is 0 Å². The molecule has 2 aromatic carbocycles. The molecule has 1 atom stereocenters. The summed E-state index contributed by atoms with van der Waals surface area (Å²) in [5.74, 6) is 0.624. The lowest BCUT2D eigenvalue weighted by molar-refractivity contribution is 0.439. The van der Waals surface area contributed by atoms with E-state index in [9.17, 15) is 4.79 Å². The van der Waals surface area contributed by atoms with Gasteiger partial charge in [0.2, 0.25) is 5.78 Å². The summed E-state index contributed by atoms with van der Waals surface area (Å²) in [6.07, 6.45) is 4.53. The summed E-state index contributed by atoms with van der Waals surface area (Å²) in [4.78, 5) is 19.0. The predicted octanol–water partition coefficient (Wildman–Crippen LogP) is 4.75. The van der Waals surface area contributed by atoms with Crippen LogP contribution in [0.15, 0.2) is 64.5 Å². The van der Waals surface area contributed by atoms with Crippen LogP contribution >= 0.6 is 11.8 Å². The molecular weight excluding hydrogens is 404 g/mol. The van der Waals surface area contributed by atoms with Crippen molar-refractivity contribution in [3.63, 3.8) is 0 Å². The van der Waals surface area contributed by atoms with Crippen molar-refractivity contribution in [3.05, 3.63) is 81.6 Å². The molecule has 0 saturated heterocycles. The zero-order valence-corrected chi connectivity index (χ0v) is 18.9. The van der Waals surface area contributed by atoms with Crippen molar-refractivity contribution < 1.29 is 0 Å². The standard InChI is InChI=1S/C25H26N4OS/c1-4-25(2)16-18-12-8-9-13-19(18)21-20(25)22(30)29-23(26-21)28(27-24(29)31-3)15-14-17-10-6-5-7-11-17/h5-13H,4,14-16H2,1-3H3. The van der Waals surface area contributed by atoms with Crippen molar-refractivity contribution in [1.82, 2.24) is 19.2 Å². The molecule has 0 aliphatic heterocycles. The number of nitrogens with zero attached hydrogens (tertiary/aromatic N) is 4. The molecule has 0 amide bonds. The van der Waals surface area contributed by atoms with Crippen LogP contribution in [0.3, 0.4) is 0 Å². The molecular formula is C25H26N4OS. The van der Waals surface area contributed by atoms with Gasteiger partial charge in [-0.25, -0.2) is 14.1 Å². The number of hydrogen-bond acceptors (Lipinski definition) is 4. The Morgan fingerprint density at radius 1 is 1.10 bits per heavy atom. The van der Waals surface area contributed by atoms with E-state index in [0.29, 0.717) is 17.5 Å². The number of aromatic nitrogens is 4. The van der Waals surface area contributed by atoms with E-state index in [0.717, 1.165) is 36.1 Å². The Morgan fingerprint density at radius 2 is 1.84 bits per heavy atom. The lowest BCUT2D eigenvalue weighted by Gasteiger charge is -2.35. The first kappa shape index (κ1) is 20.1. The van der Waals surface area contributed by atoms with E-state index in [1.165, 1.54) is 22.9 Å². The summed E-state index contributed by atoms with van der Waals surface area (Å²) in [5, 5.41) is 5.46. The minimum Gasteiger partial charge on any atom is -0.268 e. The van der Waals surface area contributed by atoms with Crippen molar-refractivity contribution in [1.29, 1.82) is 0 Å². The Hall–Kier alpha value is -2.86. The van der Waals surface area contributed by atoms with Gasteiger partial charge in [-0.15, -0.1) is 5.10 Å². The van der Waals surface area contributed by atoms with Crippen LogP contribution in [0.4, 0.5) is 0 Å². The van der Waals surface area contributed by atoms with E-state index in [1.807, 2.05) is 35.2 Å². The lowest BCUT2D eigenvalue weighted by atomic mass is 9.69. The van der Waals surface area contributed by atoms with Crippen molar-refractivity contribution in [2.24, 2.45) is 0 Å². The quantitative estimate of drug-likeness (QED) is 0.429. The topological polar surface area (TPSA) is 52.2 Å². The molecule has 5 rings (SSSR count). The average molecular weight is 431 g/mol. The Bertz CT molecular complexity index is 1320. The third-order valence-electron chi connectivity index (χ3n) is 6.57. The largest absolute Gasteiger partial charge is 0.268 e. The van der Waals surface area contributed by atoms with Gasteiger partial charge in [-0.1, -0.05) is 80.2 Å². The molecule has 6 heteroatoms. The second-order valence-electron chi connectivity index (χ2n) is 8.47. The Morgan fingerprint density at radius 3 is 2.58 bits per heavy atom. The molecule has 0 saturated carbocycles. The summed E-state index contributed by atoms with van der Waals surface area (Å²) in [5.41, 5.74) is 5.01. The molecule has 0 bridgehead atoms. The SMILES string of the molecule is CCC1(C)Cc2ccccc2-c2nc3n(CCc4ccccc4)nc(SC)n3c(=O)c21. The smallest absolute Gasteiger partial charge is 0.265 e. The van der Waals surface area contributed by atoms with Gasteiger partial charge in [-0.05, 0) is 36.6 Å². The molecule has 1 aliphatic rings. The number of thioether (sulfide) groups is 1. The van der Waals surface area contributed by atoms with Gasteiger partial charge in [-0.3, -0.25) is 4.79 Å². The van der Waals surface area contributed by atoms with Crippen LogP contribution in [-0.4, -0.2) is 25.4 Å². The summed E-state index contributed by atoms with van der Waals surface area (Å²) in [6.45, 7) is 5.02. The normalized spacial score (nSPS) is 17.5. The zero-order valence-electron chi connectivity index (χ0n) is 18.1. The van der Waals surface area contributed by atoms with Crippen LogP contribution in [-0.2, 0) is 24.8 Å². The van der Waals surface area contributed by atoms with E-state index in [1.54, 1.807) is 4.40 Å². The maximum atomic E-state index is 13.9. The van der Waals surface area contributed by atoms with Crippen LogP contribution in [0.1, 0.15) is 37.0 Å². The molecule has 0 radical (unpaired) electrons. The van der Waals surface area contributed by atoms with Crippen LogP contribution in [0.5, 0.6) is 0 Å².